The minimum absolute atomic E-state index is 0.0787. The molecule has 0 atom stereocenters. The van der Waals surface area contributed by atoms with Gasteiger partial charge < -0.3 is 9.53 Å². The maximum atomic E-state index is 11.1. The Bertz CT molecular complexity index is 173. The number of Topliss-reactive ketones (excluding diaryl/α,β-unsaturated/α-hetero) is 2. The van der Waals surface area contributed by atoms with Gasteiger partial charge >= 0.3 is 0 Å². The molecule has 0 aliphatic heterocycles. The molecule has 76 valence electrons. The summed E-state index contributed by atoms with van der Waals surface area (Å²) in [6, 6.07) is 0. The lowest BCUT2D eigenvalue weighted by Crippen LogP contribution is -2.13. The molecular weight excluding hydrogens is 168 g/mol. The van der Waals surface area contributed by atoms with Crippen molar-refractivity contribution in [1.29, 1.82) is 0 Å². The first-order valence-electron chi connectivity index (χ1n) is 4.65. The molecule has 0 aliphatic carbocycles. The number of rotatable bonds is 7. The van der Waals surface area contributed by atoms with E-state index in [9.17, 15) is 9.59 Å². The van der Waals surface area contributed by atoms with E-state index in [1.807, 2.05) is 13.8 Å². The zero-order valence-corrected chi connectivity index (χ0v) is 8.63. The predicted octanol–water partition coefficient (Wildman–Crippen LogP) is 1.74. The Kier molecular flexibility index (Phi) is 6.41. The Balaban J connectivity index is 3.35. The topological polar surface area (TPSA) is 43.4 Å². The molecule has 0 rings (SSSR count). The van der Waals surface area contributed by atoms with E-state index in [-0.39, 0.29) is 24.3 Å². The van der Waals surface area contributed by atoms with E-state index < -0.39 is 0 Å². The summed E-state index contributed by atoms with van der Waals surface area (Å²) in [5.41, 5.74) is 0. The lowest BCUT2D eigenvalue weighted by Gasteiger charge is -2.05. The standard InChI is InChI=1S/C10H18O3/c1-8(2)13-7-10(12)6-4-5-9(3)11/h8H,4-7H2,1-3H3. The Morgan fingerprint density at radius 1 is 1.23 bits per heavy atom. The van der Waals surface area contributed by atoms with Crippen molar-refractivity contribution in [2.75, 3.05) is 6.61 Å². The summed E-state index contributed by atoms with van der Waals surface area (Å²) in [4.78, 5) is 21.6. The second-order valence-corrected chi connectivity index (χ2v) is 3.45. The summed E-state index contributed by atoms with van der Waals surface area (Å²) >= 11 is 0. The second kappa shape index (κ2) is 6.78. The van der Waals surface area contributed by atoms with Crippen LogP contribution in [0.2, 0.25) is 0 Å². The van der Waals surface area contributed by atoms with Gasteiger partial charge in [0.2, 0.25) is 0 Å². The minimum atomic E-state index is 0.0787. The van der Waals surface area contributed by atoms with Crippen LogP contribution >= 0.6 is 0 Å². The van der Waals surface area contributed by atoms with Crippen LogP contribution in [0, 0.1) is 0 Å². The zero-order valence-electron chi connectivity index (χ0n) is 8.63. The average Bonchev–Trinajstić information content (AvgIpc) is 2.00. The Morgan fingerprint density at radius 2 is 1.85 bits per heavy atom. The molecule has 0 heterocycles. The van der Waals surface area contributed by atoms with Crippen molar-refractivity contribution < 1.29 is 14.3 Å². The van der Waals surface area contributed by atoms with Crippen molar-refractivity contribution >= 4 is 11.6 Å². The number of hydrogen-bond donors (Lipinski definition) is 0. The quantitative estimate of drug-likeness (QED) is 0.608. The highest BCUT2D eigenvalue weighted by Crippen LogP contribution is 1.98. The SMILES string of the molecule is CC(=O)CCCC(=O)COC(C)C. The Labute approximate surface area is 79.5 Å². The highest BCUT2D eigenvalue weighted by molar-refractivity contribution is 5.81. The third-order valence-corrected chi connectivity index (χ3v) is 1.56. The molecule has 0 radical (unpaired) electrons. The van der Waals surface area contributed by atoms with Crippen LogP contribution in [0.1, 0.15) is 40.0 Å². The van der Waals surface area contributed by atoms with Gasteiger partial charge in [-0.25, -0.2) is 0 Å². The van der Waals surface area contributed by atoms with Gasteiger partial charge in [-0.2, -0.15) is 0 Å². The van der Waals surface area contributed by atoms with Gasteiger partial charge in [0.15, 0.2) is 5.78 Å². The molecule has 0 unspecified atom stereocenters. The van der Waals surface area contributed by atoms with Crippen LogP contribution in [0.4, 0.5) is 0 Å². The number of ether oxygens (including phenoxy) is 1. The van der Waals surface area contributed by atoms with Gasteiger partial charge in [-0.3, -0.25) is 4.79 Å². The molecule has 0 saturated heterocycles. The fraction of sp³-hybridized carbons (Fsp3) is 0.800. The Morgan fingerprint density at radius 3 is 2.31 bits per heavy atom. The predicted molar refractivity (Wildman–Crippen MR) is 50.6 cm³/mol. The number of hydrogen-bond acceptors (Lipinski definition) is 3. The highest BCUT2D eigenvalue weighted by atomic mass is 16.5. The lowest BCUT2D eigenvalue weighted by molar-refractivity contribution is -0.125. The first-order valence-corrected chi connectivity index (χ1v) is 4.65. The van der Waals surface area contributed by atoms with Gasteiger partial charge in [0.25, 0.3) is 0 Å². The monoisotopic (exact) mass is 186 g/mol. The van der Waals surface area contributed by atoms with Gasteiger partial charge in [0, 0.05) is 12.8 Å². The van der Waals surface area contributed by atoms with Crippen molar-refractivity contribution in [3.8, 4) is 0 Å². The smallest absolute Gasteiger partial charge is 0.158 e. The van der Waals surface area contributed by atoms with E-state index in [2.05, 4.69) is 0 Å². The maximum Gasteiger partial charge on any atom is 0.158 e. The first kappa shape index (κ1) is 12.3. The normalized spacial score (nSPS) is 10.5. The summed E-state index contributed by atoms with van der Waals surface area (Å²) in [6.45, 7) is 5.50. The maximum absolute atomic E-state index is 11.1. The largest absolute Gasteiger partial charge is 0.371 e. The first-order chi connectivity index (χ1) is 6.02. The molecule has 0 bridgehead atoms. The molecule has 0 N–H and O–H groups in total. The van der Waals surface area contributed by atoms with E-state index >= 15 is 0 Å². The summed E-state index contributed by atoms with van der Waals surface area (Å²) in [5, 5.41) is 0. The molecule has 0 aromatic carbocycles. The Hall–Kier alpha value is -0.700. The van der Waals surface area contributed by atoms with Crippen molar-refractivity contribution in [3.63, 3.8) is 0 Å². The van der Waals surface area contributed by atoms with Crippen LogP contribution in [0.25, 0.3) is 0 Å². The summed E-state index contributed by atoms with van der Waals surface area (Å²) in [5.74, 6) is 0.215. The lowest BCUT2D eigenvalue weighted by atomic mass is 10.1. The van der Waals surface area contributed by atoms with E-state index in [4.69, 9.17) is 4.74 Å². The third kappa shape index (κ3) is 9.21. The van der Waals surface area contributed by atoms with Crippen LogP contribution in [0.3, 0.4) is 0 Å². The molecule has 0 aromatic rings. The summed E-state index contributed by atoms with van der Waals surface area (Å²) < 4.78 is 5.13. The van der Waals surface area contributed by atoms with Crippen molar-refractivity contribution in [2.45, 2.75) is 46.1 Å². The van der Waals surface area contributed by atoms with Gasteiger partial charge in [-0.15, -0.1) is 0 Å². The molecule has 0 saturated carbocycles. The molecule has 0 aliphatic rings. The fourth-order valence-electron chi connectivity index (χ4n) is 0.866. The molecule has 0 fully saturated rings. The van der Waals surface area contributed by atoms with Crippen molar-refractivity contribution in [1.82, 2.24) is 0 Å². The van der Waals surface area contributed by atoms with E-state index in [0.29, 0.717) is 19.3 Å². The van der Waals surface area contributed by atoms with Crippen LogP contribution < -0.4 is 0 Å². The molecule has 0 spiro atoms. The minimum Gasteiger partial charge on any atom is -0.371 e. The van der Waals surface area contributed by atoms with Crippen molar-refractivity contribution in [3.05, 3.63) is 0 Å². The number of carbonyl (C=O) groups excluding carboxylic acids is 2. The van der Waals surface area contributed by atoms with Gasteiger partial charge in [0.05, 0.1) is 6.10 Å². The molecule has 0 aromatic heterocycles. The molecule has 3 nitrogen and oxygen atoms in total. The average molecular weight is 186 g/mol. The van der Waals surface area contributed by atoms with Crippen LogP contribution in [0.5, 0.6) is 0 Å². The third-order valence-electron chi connectivity index (χ3n) is 1.56. The number of ketones is 2. The van der Waals surface area contributed by atoms with Crippen LogP contribution in [0.15, 0.2) is 0 Å². The van der Waals surface area contributed by atoms with Gasteiger partial charge in [0.1, 0.15) is 12.4 Å². The molecular formula is C10H18O3. The summed E-state index contributed by atoms with van der Waals surface area (Å²) in [6.07, 6.45) is 1.69. The van der Waals surface area contributed by atoms with Gasteiger partial charge in [-0.1, -0.05) is 0 Å². The van der Waals surface area contributed by atoms with E-state index in [0.717, 1.165) is 0 Å². The van der Waals surface area contributed by atoms with Crippen molar-refractivity contribution in [2.24, 2.45) is 0 Å². The molecule has 13 heavy (non-hydrogen) atoms. The van der Waals surface area contributed by atoms with Gasteiger partial charge in [-0.05, 0) is 27.2 Å². The fourth-order valence-corrected chi connectivity index (χ4v) is 0.866. The molecule has 3 heteroatoms. The second-order valence-electron chi connectivity index (χ2n) is 3.45. The van der Waals surface area contributed by atoms with E-state index in [1.165, 1.54) is 6.92 Å². The van der Waals surface area contributed by atoms with Crippen LogP contribution in [-0.4, -0.2) is 24.3 Å². The van der Waals surface area contributed by atoms with E-state index in [1.54, 1.807) is 0 Å². The number of carbonyl (C=O) groups is 2. The zero-order chi connectivity index (χ0) is 10.3. The highest BCUT2D eigenvalue weighted by Gasteiger charge is 2.04. The molecule has 0 amide bonds. The summed E-state index contributed by atoms with van der Waals surface area (Å²) in [7, 11) is 0. The van der Waals surface area contributed by atoms with Crippen LogP contribution in [-0.2, 0) is 14.3 Å².